The Bertz CT molecular complexity index is 484. The molecule has 0 bridgehead atoms. The highest BCUT2D eigenvalue weighted by Gasteiger charge is 2.21. The molecule has 2 heteroatoms. The fourth-order valence-electron chi connectivity index (χ4n) is 2.07. The Kier molecular flexibility index (Phi) is 3.30. The minimum Gasteiger partial charge on any atom is -0.150 e. The van der Waals surface area contributed by atoms with Gasteiger partial charge in [-0.25, -0.2) is 0 Å². The van der Waals surface area contributed by atoms with Crippen molar-refractivity contribution in [2.24, 2.45) is 0 Å². The molecule has 0 unspecified atom stereocenters. The SMILES string of the molecule is C=C(C)B(c1ccccc1)c1ccsc1C. The molecule has 0 spiro atoms. The predicted molar refractivity (Wildman–Crippen MR) is 75.3 cm³/mol. The highest BCUT2D eigenvalue weighted by Crippen LogP contribution is 2.09. The molecule has 0 amide bonds. The van der Waals surface area contributed by atoms with E-state index in [0.717, 1.165) is 0 Å². The van der Waals surface area contributed by atoms with E-state index in [1.54, 1.807) is 11.3 Å². The van der Waals surface area contributed by atoms with E-state index >= 15 is 0 Å². The molecule has 0 aliphatic rings. The van der Waals surface area contributed by atoms with Crippen molar-refractivity contribution in [2.75, 3.05) is 0 Å². The van der Waals surface area contributed by atoms with Crippen LogP contribution in [0.3, 0.4) is 0 Å². The Morgan fingerprint density at radius 1 is 1.19 bits per heavy atom. The molecule has 0 aliphatic heterocycles. The number of allylic oxidation sites excluding steroid dienone is 1. The van der Waals surface area contributed by atoms with Gasteiger partial charge in [-0.2, -0.15) is 0 Å². The van der Waals surface area contributed by atoms with Crippen molar-refractivity contribution >= 4 is 29.0 Å². The maximum absolute atomic E-state index is 4.13. The first-order valence-electron chi connectivity index (χ1n) is 5.44. The van der Waals surface area contributed by atoms with Crippen LogP contribution in [0.15, 0.2) is 53.8 Å². The van der Waals surface area contributed by atoms with Gasteiger partial charge in [0.2, 0.25) is 6.71 Å². The second-order valence-electron chi connectivity index (χ2n) is 4.12. The van der Waals surface area contributed by atoms with Crippen molar-refractivity contribution in [3.63, 3.8) is 0 Å². The van der Waals surface area contributed by atoms with Crippen LogP contribution in [0.4, 0.5) is 0 Å². The van der Waals surface area contributed by atoms with Gasteiger partial charge in [-0.15, -0.1) is 23.4 Å². The first-order valence-corrected chi connectivity index (χ1v) is 6.32. The van der Waals surface area contributed by atoms with E-state index < -0.39 is 0 Å². The van der Waals surface area contributed by atoms with Crippen LogP contribution >= 0.6 is 11.3 Å². The van der Waals surface area contributed by atoms with Crippen LogP contribution in [0.25, 0.3) is 0 Å². The summed E-state index contributed by atoms with van der Waals surface area (Å²) in [5, 5.41) is 2.16. The average molecular weight is 226 g/mol. The summed E-state index contributed by atoms with van der Waals surface area (Å²) in [6, 6.07) is 12.8. The normalized spacial score (nSPS) is 10.1. The van der Waals surface area contributed by atoms with Crippen molar-refractivity contribution in [2.45, 2.75) is 13.8 Å². The van der Waals surface area contributed by atoms with Crippen molar-refractivity contribution in [3.8, 4) is 0 Å². The van der Waals surface area contributed by atoms with E-state index in [4.69, 9.17) is 0 Å². The van der Waals surface area contributed by atoms with Crippen molar-refractivity contribution in [1.29, 1.82) is 0 Å². The molecule has 2 rings (SSSR count). The summed E-state index contributed by atoms with van der Waals surface area (Å²) < 4.78 is 0. The van der Waals surface area contributed by atoms with Gasteiger partial charge in [-0.3, -0.25) is 0 Å². The summed E-state index contributed by atoms with van der Waals surface area (Å²) >= 11 is 1.80. The van der Waals surface area contributed by atoms with Gasteiger partial charge >= 0.3 is 0 Å². The molecule has 0 nitrogen and oxygen atoms in total. The van der Waals surface area contributed by atoms with Crippen LogP contribution in [-0.2, 0) is 0 Å². The molecule has 16 heavy (non-hydrogen) atoms. The summed E-state index contributed by atoms with van der Waals surface area (Å²) in [5.74, 6) is 0. The third-order valence-electron chi connectivity index (χ3n) is 2.84. The molecule has 1 aromatic heterocycles. The van der Waals surface area contributed by atoms with Crippen LogP contribution in [0.5, 0.6) is 0 Å². The fourth-order valence-corrected chi connectivity index (χ4v) is 2.81. The maximum Gasteiger partial charge on any atom is 0.237 e. The quantitative estimate of drug-likeness (QED) is 0.706. The molecule has 0 radical (unpaired) electrons. The number of benzene rings is 1. The highest BCUT2D eigenvalue weighted by molar-refractivity contribution is 7.12. The Morgan fingerprint density at radius 3 is 2.38 bits per heavy atom. The van der Waals surface area contributed by atoms with E-state index in [0.29, 0.717) is 6.71 Å². The number of rotatable bonds is 3. The highest BCUT2D eigenvalue weighted by atomic mass is 32.1. The Balaban J connectivity index is 2.48. The monoisotopic (exact) mass is 226 g/mol. The molecule has 0 saturated carbocycles. The van der Waals surface area contributed by atoms with Gasteiger partial charge < -0.3 is 0 Å². The molecule has 0 aliphatic carbocycles. The molecule has 1 heterocycles. The molecule has 2 aromatic rings. The standard InChI is InChI=1S/C14H15BS/c1-11(2)15(13-7-5-4-6-8-13)14-9-10-16-12(14)3/h4-10H,1H2,2-3H3. The van der Waals surface area contributed by atoms with Crippen molar-refractivity contribution < 1.29 is 0 Å². The number of thiophene rings is 1. The van der Waals surface area contributed by atoms with Gasteiger partial charge in [-0.05, 0) is 17.2 Å². The summed E-state index contributed by atoms with van der Waals surface area (Å²) in [6.45, 7) is 8.76. The molecule has 0 atom stereocenters. The van der Waals surface area contributed by atoms with Gasteiger partial charge in [0.25, 0.3) is 0 Å². The zero-order chi connectivity index (χ0) is 11.5. The summed E-state index contributed by atoms with van der Waals surface area (Å²) in [4.78, 5) is 1.39. The molecule has 0 saturated heterocycles. The molecule has 1 aromatic carbocycles. The van der Waals surface area contributed by atoms with Crippen molar-refractivity contribution in [3.05, 3.63) is 58.7 Å². The van der Waals surface area contributed by atoms with E-state index in [9.17, 15) is 0 Å². The van der Waals surface area contributed by atoms with Crippen molar-refractivity contribution in [1.82, 2.24) is 0 Å². The third-order valence-corrected chi connectivity index (χ3v) is 3.70. The summed E-state index contributed by atoms with van der Waals surface area (Å²) in [7, 11) is 0. The van der Waals surface area contributed by atoms with Gasteiger partial charge in [0.05, 0.1) is 0 Å². The van der Waals surface area contributed by atoms with Gasteiger partial charge in [0.1, 0.15) is 0 Å². The lowest BCUT2D eigenvalue weighted by Gasteiger charge is -2.14. The summed E-state index contributed by atoms with van der Waals surface area (Å²) in [6.07, 6.45) is 0. The van der Waals surface area contributed by atoms with E-state index in [1.807, 2.05) is 0 Å². The zero-order valence-electron chi connectivity index (χ0n) is 9.73. The molecule has 0 N–H and O–H groups in total. The topological polar surface area (TPSA) is 0 Å². The largest absolute Gasteiger partial charge is 0.237 e. The lowest BCUT2D eigenvalue weighted by molar-refractivity contribution is 1.62. The molecular formula is C14H15BS. The smallest absolute Gasteiger partial charge is 0.150 e. The van der Waals surface area contributed by atoms with Crippen LogP contribution in [0.1, 0.15) is 11.8 Å². The van der Waals surface area contributed by atoms with E-state index in [1.165, 1.54) is 21.3 Å². The second-order valence-corrected chi connectivity index (χ2v) is 5.24. The van der Waals surface area contributed by atoms with Crippen LogP contribution in [0, 0.1) is 6.92 Å². The minimum absolute atomic E-state index is 0.340. The molecule has 80 valence electrons. The third kappa shape index (κ3) is 2.12. The number of hydrogen-bond acceptors (Lipinski definition) is 1. The van der Waals surface area contributed by atoms with Gasteiger partial charge in [0, 0.05) is 0 Å². The first kappa shape index (κ1) is 11.2. The number of aryl methyl sites for hydroxylation is 1. The Morgan fingerprint density at radius 2 is 1.88 bits per heavy atom. The van der Waals surface area contributed by atoms with E-state index in [2.05, 4.69) is 62.2 Å². The average Bonchev–Trinajstić information content (AvgIpc) is 2.66. The van der Waals surface area contributed by atoms with Crippen LogP contribution < -0.4 is 10.9 Å². The lowest BCUT2D eigenvalue weighted by atomic mass is 9.37. The zero-order valence-corrected chi connectivity index (χ0v) is 10.6. The lowest BCUT2D eigenvalue weighted by Crippen LogP contribution is -2.43. The maximum atomic E-state index is 4.13. The second kappa shape index (κ2) is 4.71. The fraction of sp³-hybridized carbons (Fsp3) is 0.143. The van der Waals surface area contributed by atoms with Gasteiger partial charge in [0.15, 0.2) is 0 Å². The Hall–Kier alpha value is -1.28. The van der Waals surface area contributed by atoms with E-state index in [-0.39, 0.29) is 0 Å². The minimum atomic E-state index is 0.340. The van der Waals surface area contributed by atoms with Crippen LogP contribution in [-0.4, -0.2) is 6.71 Å². The predicted octanol–water partition coefficient (Wildman–Crippen LogP) is 2.78. The molecular weight excluding hydrogens is 211 g/mol. The van der Waals surface area contributed by atoms with Crippen LogP contribution in [0.2, 0.25) is 0 Å². The first-order chi connectivity index (χ1) is 7.70. The Labute approximate surface area is 102 Å². The van der Waals surface area contributed by atoms with Gasteiger partial charge in [-0.1, -0.05) is 54.2 Å². The number of hydrogen-bond donors (Lipinski definition) is 0. The summed E-state index contributed by atoms with van der Waals surface area (Å²) in [5.41, 5.74) is 3.92. The molecule has 0 fully saturated rings.